The number of carbonyl (C=O) groups excluding carboxylic acids is 3. The Balaban J connectivity index is 0.000000212. The van der Waals surface area contributed by atoms with Crippen molar-refractivity contribution >= 4 is 53.0 Å². The highest BCUT2D eigenvalue weighted by atomic mass is 32.2. The van der Waals surface area contributed by atoms with Crippen molar-refractivity contribution in [3.05, 3.63) is 350 Å². The lowest BCUT2D eigenvalue weighted by molar-refractivity contribution is -0.138. The van der Waals surface area contributed by atoms with Gasteiger partial charge in [0.25, 0.3) is 16.7 Å². The summed E-state index contributed by atoms with van der Waals surface area (Å²) in [5.41, 5.74) is -11.9. The molecule has 3 heterocycles. The van der Waals surface area contributed by atoms with Gasteiger partial charge in [0.05, 0.1) is 26.3 Å². The highest BCUT2D eigenvalue weighted by Gasteiger charge is 2.36. The normalized spacial score (nSPS) is 18.5. The summed E-state index contributed by atoms with van der Waals surface area (Å²) in [6.07, 6.45) is -17.5. The maximum Gasteiger partial charge on any atom is 0.416 e. The number of likely N-dealkylation sites (N-methyl/N-ethyl adjacent to an activating group) is 3. The average molecular weight is 2060 g/mol. The first-order chi connectivity index (χ1) is 79.5. The fourth-order valence-electron chi connectivity index (χ4n) is 15.6. The summed E-state index contributed by atoms with van der Waals surface area (Å²) in [4.78, 5) is 102. The Morgan fingerprint density at radius 1 is 0.385 bits per heavy atom. The first kappa shape index (κ1) is 74.1. The molecule has 3 aliphatic carbocycles. The van der Waals surface area contributed by atoms with E-state index >= 15 is 0 Å². The van der Waals surface area contributed by atoms with Gasteiger partial charge in [0.1, 0.15) is 37.1 Å². The van der Waals surface area contributed by atoms with E-state index in [1.54, 1.807) is 48.5 Å². The van der Waals surface area contributed by atoms with E-state index in [2.05, 4.69) is 15.0 Å². The van der Waals surface area contributed by atoms with Gasteiger partial charge in [-0.1, -0.05) is 229 Å². The maximum absolute atomic E-state index is 14.6. The molecule has 0 radical (unpaired) electrons. The molecular formula is C110H118F12N12O6S3. The van der Waals surface area contributed by atoms with Gasteiger partial charge in [-0.3, -0.25) is 28.8 Å². The molecule has 1 atom stereocenters. The second-order valence-electron chi connectivity index (χ2n) is 32.5. The molecule has 3 aliphatic rings. The van der Waals surface area contributed by atoms with Crippen molar-refractivity contribution in [2.45, 2.75) is 197 Å². The molecule has 1 unspecified atom stereocenters. The highest BCUT2D eigenvalue weighted by molar-refractivity contribution is 7.98. The molecule has 12 aromatic rings. The number of alkyl halides is 9. The van der Waals surface area contributed by atoms with Crippen LogP contribution in [0.2, 0.25) is 0 Å². The minimum Gasteiger partial charge on any atom is -0.336 e. The Bertz CT molecular complexity index is 8060. The van der Waals surface area contributed by atoms with E-state index in [0.717, 1.165) is 139 Å². The van der Waals surface area contributed by atoms with Crippen molar-refractivity contribution in [2.75, 3.05) is 78.2 Å². The number of halogens is 12. The largest absolute Gasteiger partial charge is 0.416 e. The van der Waals surface area contributed by atoms with Gasteiger partial charge < -0.3 is 43.1 Å². The number of hydrogen-bond donors (Lipinski definition) is 0. The Kier molecular flexibility index (Phi) is 25.9. The number of rotatable bonds is 39. The highest BCUT2D eigenvalue weighted by Crippen LogP contribution is 2.39. The second-order valence-corrected chi connectivity index (χ2v) is 34.9. The van der Waals surface area contributed by atoms with Gasteiger partial charge in [-0.05, 0) is 242 Å². The Hall–Kier alpha value is -11.9. The lowest BCUT2D eigenvalue weighted by Gasteiger charge is -2.28. The van der Waals surface area contributed by atoms with Crippen LogP contribution in [0.4, 0.5) is 52.7 Å². The molecule has 0 saturated carbocycles. The predicted octanol–water partition coefficient (Wildman–Crippen LogP) is 22.2. The van der Waals surface area contributed by atoms with E-state index < -0.39 is 275 Å². The molecule has 0 spiro atoms. The monoisotopic (exact) mass is 2060 g/mol. The van der Waals surface area contributed by atoms with Crippen molar-refractivity contribution in [1.82, 2.24) is 58.1 Å². The summed E-state index contributed by atoms with van der Waals surface area (Å²) in [6.45, 7) is -9.48. The van der Waals surface area contributed by atoms with Gasteiger partial charge >= 0.3 is 18.5 Å². The van der Waals surface area contributed by atoms with Crippen LogP contribution >= 0.6 is 35.3 Å². The topological polar surface area (TPSA) is 175 Å². The fraction of sp³-hybridized carbons (Fsp3) is 0.373. The molecule has 0 saturated heterocycles. The summed E-state index contributed by atoms with van der Waals surface area (Å²) in [5.74, 6) is -6.69. The molecule has 15 rings (SSSR count). The van der Waals surface area contributed by atoms with Crippen LogP contribution in [-0.2, 0) is 128 Å². The van der Waals surface area contributed by atoms with Crippen LogP contribution in [0, 0.1) is 30.3 Å². The second kappa shape index (κ2) is 50.1. The number of amides is 3. The Morgan fingerprint density at radius 2 is 0.692 bits per heavy atom. The lowest BCUT2D eigenvalue weighted by Crippen LogP contribution is -2.40. The first-order valence-electron chi connectivity index (χ1n) is 59.7. The predicted molar refractivity (Wildman–Crippen MR) is 539 cm³/mol. The van der Waals surface area contributed by atoms with Crippen molar-refractivity contribution in [2.24, 2.45) is 5.89 Å². The number of benzene rings is 9. The van der Waals surface area contributed by atoms with E-state index in [0.29, 0.717) is 106 Å². The average Bonchev–Trinajstić information content (AvgIpc) is 1.52. The third-order valence-electron chi connectivity index (χ3n) is 23.1. The standard InChI is InChI=1S/2C37H40F4N4O2S.C36H38F4N4O2S/c1-4-43(5-2)18-19-44(22-26-6-10-28(11-7-26)29-12-14-30(15-13-29)37(39,40)41)34(46)23-45-33-21-25(3)20-32(33)35(47)42-36(45)48-24-27-8-16-31(38)17-9-27;1-4-43(5-2)19-20-44(22-26-9-13-28(14-10-26)29-15-18-32(25(3)21-29)37(39,40)41)34(46)23-45-33-8-6-7-31(33)35(47)42-36(45)48-24-27-11-16-30(38)17-12-27;1-3-42(4-2)20-21-43(22-25-8-12-27(13-9-25)28-14-16-29(17-15-28)36(38,39)40)33(45)23-44-32-7-5-6-31(32)34(46)41-35(44)47-24-26-10-18-30(37)19-11-26/h6-17,25H,4-5,18-24H2,1-3H3;9-18,21H,4-8,19-20,22-24H2,1-3H3;8-19H,3-7,20-24H2,1-2H3/i4D2,5D2,20D2,21D2,24D2,25D;4D2,5D2,9D,10D,13D,14D,15D,18D,21D,24D2;3D2,4D2,24D2. The number of fused-ring (bicyclic) bond motifs is 3. The molecule has 0 fully saturated rings. The summed E-state index contributed by atoms with van der Waals surface area (Å²) in [7, 11) is 0. The summed E-state index contributed by atoms with van der Waals surface area (Å²) in [6, 6.07) is 29.1. The zero-order chi connectivity index (χ0) is 129. The van der Waals surface area contributed by atoms with Crippen LogP contribution < -0.4 is 16.7 Å². The van der Waals surface area contributed by atoms with E-state index in [-0.39, 0.29) is 96.6 Å². The molecule has 143 heavy (non-hydrogen) atoms. The van der Waals surface area contributed by atoms with Gasteiger partial charge in [-0.15, -0.1) is 0 Å². The number of thioether (sulfide) groups is 3. The fourth-order valence-corrected chi connectivity index (χ4v) is 17.8. The van der Waals surface area contributed by atoms with Crippen molar-refractivity contribution in [3.63, 3.8) is 0 Å². The first-order valence-corrected chi connectivity index (χ1v) is 47.2. The third-order valence-corrected chi connectivity index (χ3v) is 25.6. The van der Waals surface area contributed by atoms with Crippen LogP contribution in [0.1, 0.15) is 192 Å². The molecule has 756 valence electrons. The molecular weight excluding hydrogens is 1910 g/mol. The summed E-state index contributed by atoms with van der Waals surface area (Å²) in [5, 5.41) is -0.835. The summed E-state index contributed by atoms with van der Waals surface area (Å²) >= 11 is 1.36. The van der Waals surface area contributed by atoms with E-state index in [9.17, 15) is 81.5 Å². The minimum atomic E-state index is -5.12. The number of carbonyl (C=O) groups is 3. The Labute approximate surface area is 880 Å². The van der Waals surface area contributed by atoms with Crippen molar-refractivity contribution in [1.29, 1.82) is 0 Å². The third kappa shape index (κ3) is 29.5. The van der Waals surface area contributed by atoms with Gasteiger partial charge in [-0.2, -0.15) is 54.5 Å². The molecule has 0 aliphatic heterocycles. The lowest BCUT2D eigenvalue weighted by atomic mass is 9.98. The minimum absolute atomic E-state index is 0.00586. The number of nitrogens with zero attached hydrogens (tertiary/aromatic N) is 12. The van der Waals surface area contributed by atoms with Crippen LogP contribution in [0.3, 0.4) is 0 Å². The zero-order valence-corrected chi connectivity index (χ0v) is 80.9. The molecule has 33 heteroatoms. The number of hydrogen-bond acceptors (Lipinski definition) is 15. The zero-order valence-electron chi connectivity index (χ0n) is 108. The SMILES string of the molecule is [2H]C([2H])(Sc1nc(=O)c2c(n1CC(=O)N(CCN(C([2H])([2H])C)C([2H])([2H])C)Cc1ccc(-c3ccc(C(F)(F)F)cc3)cc1)C([2H])([2H])C([2H])(C)C2([2H])[2H])c1ccc(F)cc1.[2H]C([2H])(Sc1nc(=O)c2c(n1CC(=O)N(CCN(C([2H])([2H])C)C([2H])([2H])C)Cc1ccc(-c3ccc(C(F)(F)F)cc3)cc1)CCC2)c1ccc(F)cc1.[2H]c1c([2H])c(-c2c([2H])c([2H])c(C(F)(F)F)c(C)c2[2H])c([2H])c([2H])c1CN(CCN(C([2H])([2H])C)C([2H])([2H])C)C(=O)Cn1c(SC([2H])([2H])c2ccc(F)cc2)nc(=O)c2c1CCC2. The van der Waals surface area contributed by atoms with E-state index in [1.807, 2.05) is 0 Å². The molecule has 3 amide bonds. The number of aromatic nitrogens is 6. The van der Waals surface area contributed by atoms with E-state index in [4.69, 9.17) is 41.1 Å². The summed E-state index contributed by atoms with van der Waals surface area (Å²) < 4.78 is 421. The van der Waals surface area contributed by atoms with Crippen molar-refractivity contribution in [3.8, 4) is 33.4 Å². The molecule has 0 bridgehead atoms. The van der Waals surface area contributed by atoms with Gasteiger partial charge in [0.2, 0.25) is 17.7 Å². The Morgan fingerprint density at radius 3 is 1.02 bits per heavy atom. The smallest absolute Gasteiger partial charge is 0.336 e. The maximum atomic E-state index is 14.6. The van der Waals surface area contributed by atoms with Gasteiger partial charge in [-0.25, -0.2) is 13.2 Å². The van der Waals surface area contributed by atoms with Crippen LogP contribution in [0.25, 0.3) is 33.4 Å². The molecule has 3 aromatic heterocycles. The molecule has 18 nitrogen and oxygen atoms in total. The van der Waals surface area contributed by atoms with Crippen LogP contribution in [-0.4, -0.2) is 154 Å². The molecule has 0 N–H and O–H groups in total. The van der Waals surface area contributed by atoms with Crippen LogP contribution in [0.5, 0.6) is 0 Å². The van der Waals surface area contributed by atoms with Gasteiger partial charge in [0.15, 0.2) is 15.5 Å². The van der Waals surface area contributed by atoms with Gasteiger partial charge in [0, 0.05) is 141 Å². The van der Waals surface area contributed by atoms with E-state index in [1.165, 1.54) is 81.3 Å². The quantitative estimate of drug-likeness (QED) is 0.0202. The molecule has 9 aromatic carbocycles. The van der Waals surface area contributed by atoms with Crippen molar-refractivity contribution < 1.29 is 108 Å². The van der Waals surface area contributed by atoms with Crippen LogP contribution in [0.15, 0.2) is 242 Å².